The van der Waals surface area contributed by atoms with Gasteiger partial charge in [0.1, 0.15) is 5.76 Å². The Hall–Kier alpha value is -3.24. The van der Waals surface area contributed by atoms with Gasteiger partial charge < -0.3 is 9.15 Å². The molecule has 9 nitrogen and oxygen atoms in total. The highest BCUT2D eigenvalue weighted by Crippen LogP contribution is 2.13. The van der Waals surface area contributed by atoms with Gasteiger partial charge in [-0.3, -0.25) is 14.5 Å². The standard InChI is InChI=1S/C20H20N2O7S/c23-18-4-1-11-22(18)19(24)14-29-20(25)10-7-15-5-8-17(9-6-15)30(26,27)21-13-16-3-2-12-28-16/h2-3,5-10,12,21H,1,4,11,13-14H2/b10-7+. The zero-order chi connectivity index (χ0) is 21.6. The Morgan fingerprint density at radius 2 is 1.97 bits per heavy atom. The molecule has 1 fully saturated rings. The molecule has 0 unspecified atom stereocenters. The van der Waals surface area contributed by atoms with E-state index in [0.717, 1.165) is 11.0 Å². The highest BCUT2D eigenvalue weighted by Gasteiger charge is 2.26. The predicted molar refractivity (Wildman–Crippen MR) is 105 cm³/mol. The van der Waals surface area contributed by atoms with Crippen molar-refractivity contribution in [2.24, 2.45) is 0 Å². The second-order valence-electron chi connectivity index (χ2n) is 6.46. The summed E-state index contributed by atoms with van der Waals surface area (Å²) in [5, 5.41) is 0. The lowest BCUT2D eigenvalue weighted by Gasteiger charge is -2.12. The first-order valence-electron chi connectivity index (χ1n) is 9.15. The van der Waals surface area contributed by atoms with E-state index in [1.807, 2.05) is 0 Å². The molecule has 0 bridgehead atoms. The van der Waals surface area contributed by atoms with Crippen molar-refractivity contribution in [2.75, 3.05) is 13.2 Å². The maximum Gasteiger partial charge on any atom is 0.331 e. The summed E-state index contributed by atoms with van der Waals surface area (Å²) in [6, 6.07) is 9.18. The Labute approximate surface area is 173 Å². The molecular formula is C20H20N2O7S. The molecule has 0 atom stereocenters. The molecule has 2 heterocycles. The minimum absolute atomic E-state index is 0.0323. The van der Waals surface area contributed by atoms with E-state index in [1.165, 1.54) is 36.6 Å². The first kappa shape index (κ1) is 21.5. The van der Waals surface area contributed by atoms with Crippen molar-refractivity contribution in [3.8, 4) is 0 Å². The number of hydrogen-bond acceptors (Lipinski definition) is 7. The molecule has 1 aromatic heterocycles. The van der Waals surface area contributed by atoms with Crippen LogP contribution in [0.25, 0.3) is 6.08 Å². The minimum atomic E-state index is -3.71. The highest BCUT2D eigenvalue weighted by molar-refractivity contribution is 7.89. The number of nitrogens with one attached hydrogen (secondary N) is 1. The quantitative estimate of drug-likeness (QED) is 0.495. The minimum Gasteiger partial charge on any atom is -0.468 e. The lowest BCUT2D eigenvalue weighted by Crippen LogP contribution is -2.35. The number of likely N-dealkylation sites (tertiary alicyclic amines) is 1. The molecule has 158 valence electrons. The van der Waals surface area contributed by atoms with Gasteiger partial charge in [0, 0.05) is 19.0 Å². The molecule has 0 spiro atoms. The first-order chi connectivity index (χ1) is 14.3. The van der Waals surface area contributed by atoms with Crippen molar-refractivity contribution in [2.45, 2.75) is 24.3 Å². The molecule has 2 aromatic rings. The highest BCUT2D eigenvalue weighted by atomic mass is 32.2. The largest absolute Gasteiger partial charge is 0.468 e. The molecule has 30 heavy (non-hydrogen) atoms. The zero-order valence-corrected chi connectivity index (χ0v) is 16.8. The molecular weight excluding hydrogens is 412 g/mol. The van der Waals surface area contributed by atoms with Gasteiger partial charge in [0.25, 0.3) is 5.91 Å². The van der Waals surface area contributed by atoms with E-state index >= 15 is 0 Å². The fourth-order valence-electron chi connectivity index (χ4n) is 2.76. The van der Waals surface area contributed by atoms with E-state index in [1.54, 1.807) is 12.1 Å². The van der Waals surface area contributed by atoms with Gasteiger partial charge in [-0.25, -0.2) is 17.9 Å². The van der Waals surface area contributed by atoms with Crippen molar-refractivity contribution >= 4 is 33.9 Å². The van der Waals surface area contributed by atoms with E-state index in [9.17, 15) is 22.8 Å². The summed E-state index contributed by atoms with van der Waals surface area (Å²) in [4.78, 5) is 36.2. The topological polar surface area (TPSA) is 123 Å². The second kappa shape index (κ2) is 9.51. The summed E-state index contributed by atoms with van der Waals surface area (Å²) >= 11 is 0. The molecule has 10 heteroatoms. The second-order valence-corrected chi connectivity index (χ2v) is 8.22. The van der Waals surface area contributed by atoms with Crippen LogP contribution < -0.4 is 4.72 Å². The van der Waals surface area contributed by atoms with Crippen LogP contribution in [0.3, 0.4) is 0 Å². The number of carbonyl (C=O) groups excluding carboxylic acids is 3. The summed E-state index contributed by atoms with van der Waals surface area (Å²) < 4.78 is 36.9. The summed E-state index contributed by atoms with van der Waals surface area (Å²) in [6.45, 7) is -0.130. The van der Waals surface area contributed by atoms with Crippen LogP contribution in [-0.4, -0.2) is 44.3 Å². The number of benzene rings is 1. The molecule has 1 aliphatic rings. The Morgan fingerprint density at radius 1 is 1.20 bits per heavy atom. The van der Waals surface area contributed by atoms with E-state index in [4.69, 9.17) is 9.15 Å². The number of nitrogens with zero attached hydrogens (tertiary/aromatic N) is 1. The van der Waals surface area contributed by atoms with Gasteiger partial charge in [-0.15, -0.1) is 0 Å². The van der Waals surface area contributed by atoms with Gasteiger partial charge >= 0.3 is 5.97 Å². The summed E-state index contributed by atoms with van der Waals surface area (Å²) in [6.07, 6.45) is 4.95. The van der Waals surface area contributed by atoms with Gasteiger partial charge in [-0.05, 0) is 42.3 Å². The van der Waals surface area contributed by atoms with Crippen molar-refractivity contribution in [3.05, 3.63) is 60.1 Å². The lowest BCUT2D eigenvalue weighted by molar-refractivity contribution is -0.151. The zero-order valence-electron chi connectivity index (χ0n) is 15.9. The number of esters is 1. The molecule has 3 rings (SSSR count). The van der Waals surface area contributed by atoms with Crippen LogP contribution in [0.1, 0.15) is 24.2 Å². The number of ether oxygens (including phenoxy) is 1. The van der Waals surface area contributed by atoms with Crippen LogP contribution in [0.2, 0.25) is 0 Å². The average Bonchev–Trinajstić information content (AvgIpc) is 3.41. The maximum absolute atomic E-state index is 12.3. The van der Waals surface area contributed by atoms with E-state index in [-0.39, 0.29) is 17.3 Å². The van der Waals surface area contributed by atoms with Crippen LogP contribution >= 0.6 is 0 Å². The number of hydrogen-bond donors (Lipinski definition) is 1. The molecule has 1 aromatic carbocycles. The number of carbonyl (C=O) groups is 3. The third kappa shape index (κ3) is 5.65. The third-order valence-electron chi connectivity index (χ3n) is 4.33. The molecule has 2 amide bonds. The monoisotopic (exact) mass is 432 g/mol. The molecule has 1 saturated heterocycles. The van der Waals surface area contributed by atoms with Gasteiger partial charge in [-0.2, -0.15) is 0 Å². The maximum atomic E-state index is 12.3. The van der Waals surface area contributed by atoms with Crippen LogP contribution in [0.15, 0.2) is 58.1 Å². The first-order valence-corrected chi connectivity index (χ1v) is 10.6. The summed E-state index contributed by atoms with van der Waals surface area (Å²) in [7, 11) is -3.71. The number of sulfonamides is 1. The fraction of sp³-hybridized carbons (Fsp3) is 0.250. The lowest BCUT2D eigenvalue weighted by atomic mass is 10.2. The number of imide groups is 1. The normalized spacial score (nSPS) is 14.4. The summed E-state index contributed by atoms with van der Waals surface area (Å²) in [5.74, 6) is -1.06. The SMILES string of the molecule is O=C(/C=C/c1ccc(S(=O)(=O)NCc2ccco2)cc1)OCC(=O)N1CCCC1=O. The van der Waals surface area contributed by atoms with Crippen molar-refractivity contribution in [3.63, 3.8) is 0 Å². The van der Waals surface area contributed by atoms with Crippen LogP contribution in [0, 0.1) is 0 Å². The van der Waals surface area contributed by atoms with Crippen molar-refractivity contribution in [1.82, 2.24) is 9.62 Å². The smallest absolute Gasteiger partial charge is 0.331 e. The molecule has 1 N–H and O–H groups in total. The number of rotatable bonds is 8. The molecule has 1 aliphatic heterocycles. The van der Waals surface area contributed by atoms with Crippen LogP contribution in [-0.2, 0) is 35.7 Å². The van der Waals surface area contributed by atoms with Gasteiger partial charge in [0.2, 0.25) is 15.9 Å². The van der Waals surface area contributed by atoms with E-state index in [2.05, 4.69) is 4.72 Å². The van der Waals surface area contributed by atoms with Gasteiger partial charge in [-0.1, -0.05) is 12.1 Å². The Morgan fingerprint density at radius 3 is 2.60 bits per heavy atom. The van der Waals surface area contributed by atoms with E-state index in [0.29, 0.717) is 30.7 Å². The average molecular weight is 432 g/mol. The van der Waals surface area contributed by atoms with Crippen molar-refractivity contribution < 1.29 is 32.0 Å². The predicted octanol–water partition coefficient (Wildman–Crippen LogP) is 1.46. The molecule has 0 radical (unpaired) electrons. The molecule has 0 saturated carbocycles. The summed E-state index contributed by atoms with van der Waals surface area (Å²) in [5.41, 5.74) is 0.568. The fourth-order valence-corrected chi connectivity index (χ4v) is 3.75. The number of furan rings is 1. The van der Waals surface area contributed by atoms with E-state index < -0.39 is 28.5 Å². The Bertz CT molecular complexity index is 1040. The van der Waals surface area contributed by atoms with Crippen molar-refractivity contribution in [1.29, 1.82) is 0 Å². The molecule has 0 aliphatic carbocycles. The Balaban J connectivity index is 1.50. The Kier molecular flexibility index (Phi) is 6.80. The van der Waals surface area contributed by atoms with Gasteiger partial charge in [0.05, 0.1) is 17.7 Å². The third-order valence-corrected chi connectivity index (χ3v) is 5.75. The van der Waals surface area contributed by atoms with Gasteiger partial charge in [0.15, 0.2) is 6.61 Å². The number of amides is 2. The van der Waals surface area contributed by atoms with Crippen LogP contribution in [0.4, 0.5) is 0 Å². The van der Waals surface area contributed by atoms with Crippen LogP contribution in [0.5, 0.6) is 0 Å².